The quantitative estimate of drug-likeness (QED) is 0.103. The summed E-state index contributed by atoms with van der Waals surface area (Å²) in [6.45, 7) is 4.47. The molecule has 1 aliphatic rings. The molecule has 0 spiro atoms. The van der Waals surface area contributed by atoms with Gasteiger partial charge in [0.05, 0.1) is 16.6 Å². The molecule has 238 valence electrons. The third-order valence-electron chi connectivity index (χ3n) is 9.97. The van der Waals surface area contributed by atoms with Gasteiger partial charge in [-0.1, -0.05) is 78.3 Å². The van der Waals surface area contributed by atoms with Crippen molar-refractivity contribution in [2.24, 2.45) is 0 Å². The van der Waals surface area contributed by atoms with E-state index in [0.29, 0.717) is 16.8 Å². The van der Waals surface area contributed by atoms with Crippen LogP contribution in [0, 0.1) is 12.1 Å². The summed E-state index contributed by atoms with van der Waals surface area (Å²) < 4.78 is 27.4. The Bertz CT molecular complexity index is 2780. The van der Waals surface area contributed by atoms with Crippen LogP contribution >= 0.6 is 0 Å². The Morgan fingerprint density at radius 3 is 2.41 bits per heavy atom. The molecule has 7 heteroatoms. The Labute approximate surface area is 295 Å². The van der Waals surface area contributed by atoms with Crippen LogP contribution in [-0.4, -0.2) is 18.9 Å². The average Bonchev–Trinajstić information content (AvgIpc) is 3.75. The Hall–Kier alpha value is -5.35. The summed E-state index contributed by atoms with van der Waals surface area (Å²) in [6.07, 6.45) is 4.04. The smallest absolute Gasteiger partial charge is 0.456 e. The molecule has 5 nitrogen and oxygen atoms in total. The molecule has 9 aromatic rings. The summed E-state index contributed by atoms with van der Waals surface area (Å²) in [5.74, 6) is 1.68. The molecular weight excluding hydrogens is 702 g/mol. The number of halogens is 1. The molecule has 0 amide bonds. The molecule has 49 heavy (non-hydrogen) atoms. The van der Waals surface area contributed by atoms with Crippen LogP contribution < -0.4 is 4.74 Å². The van der Waals surface area contributed by atoms with Crippen molar-refractivity contribution in [3.8, 4) is 17.2 Å². The van der Waals surface area contributed by atoms with E-state index in [0.717, 1.165) is 71.9 Å². The van der Waals surface area contributed by atoms with E-state index >= 15 is 4.39 Å². The number of hydrogen-bond acceptors (Lipinski definition) is 3. The standard InChI is InChI=1S/C42H27FN4O.Pd/c1-42(2)32-13-4-6-15-36(32)48-39-33(42)18-19-35-37(39)30-12-8-20-44-41(30)47(35)27-10-7-9-25(23-27)38(43)26-16-17-28-29-11-3-5-14-34(29)46-22-21-45-40(46)31(28)24-26;/h3-22,38H,1-2H3;/q-2;+2. The van der Waals surface area contributed by atoms with E-state index in [1.807, 2.05) is 65.2 Å². The first kappa shape index (κ1) is 29.8. The van der Waals surface area contributed by atoms with E-state index in [2.05, 4.69) is 78.0 Å². The normalized spacial score (nSPS) is 14.1. The van der Waals surface area contributed by atoms with E-state index in [1.165, 1.54) is 0 Å². The molecule has 0 radical (unpaired) electrons. The van der Waals surface area contributed by atoms with Crippen molar-refractivity contribution in [2.75, 3.05) is 0 Å². The van der Waals surface area contributed by atoms with Crippen LogP contribution in [0.1, 0.15) is 42.3 Å². The maximum Gasteiger partial charge on any atom is 2.00 e. The number of benzene rings is 5. The van der Waals surface area contributed by atoms with Gasteiger partial charge in [-0.25, -0.2) is 9.37 Å². The zero-order valence-electron chi connectivity index (χ0n) is 26.5. The van der Waals surface area contributed by atoms with Crippen LogP contribution in [0.4, 0.5) is 4.39 Å². The summed E-state index contributed by atoms with van der Waals surface area (Å²) in [4.78, 5) is 9.43. The predicted molar refractivity (Wildman–Crippen MR) is 188 cm³/mol. The number of ether oxygens (including phenoxy) is 1. The summed E-state index contributed by atoms with van der Waals surface area (Å²) in [5, 5.41) is 4.80. The van der Waals surface area contributed by atoms with Crippen molar-refractivity contribution in [3.05, 3.63) is 156 Å². The van der Waals surface area contributed by atoms with E-state index in [9.17, 15) is 0 Å². The van der Waals surface area contributed by atoms with Gasteiger partial charge >= 0.3 is 20.4 Å². The first-order valence-corrected chi connectivity index (χ1v) is 16.1. The van der Waals surface area contributed by atoms with E-state index in [-0.39, 0.29) is 25.8 Å². The molecular formula is C42H27FN4OPd. The van der Waals surface area contributed by atoms with Gasteiger partial charge in [0.15, 0.2) is 0 Å². The molecule has 4 aromatic heterocycles. The number of alkyl halides is 1. The first-order chi connectivity index (χ1) is 23.5. The summed E-state index contributed by atoms with van der Waals surface area (Å²) in [5.41, 5.74) is 7.05. The fraction of sp³-hybridized carbons (Fsp3) is 0.0952. The monoisotopic (exact) mass is 728 g/mol. The van der Waals surface area contributed by atoms with Crippen molar-refractivity contribution in [3.63, 3.8) is 0 Å². The Kier molecular flexibility index (Phi) is 6.58. The number of rotatable bonds is 3. The van der Waals surface area contributed by atoms with Crippen molar-refractivity contribution in [1.82, 2.24) is 18.9 Å². The number of hydrogen-bond donors (Lipinski definition) is 0. The number of nitrogens with zero attached hydrogens (tertiary/aromatic N) is 4. The second-order valence-corrected chi connectivity index (χ2v) is 13.0. The van der Waals surface area contributed by atoms with Crippen LogP contribution in [0.25, 0.3) is 54.9 Å². The second-order valence-electron chi connectivity index (χ2n) is 13.0. The van der Waals surface area contributed by atoms with Gasteiger partial charge < -0.3 is 13.7 Å². The average molecular weight is 729 g/mol. The van der Waals surface area contributed by atoms with Crippen molar-refractivity contribution < 1.29 is 29.6 Å². The van der Waals surface area contributed by atoms with E-state index < -0.39 is 6.17 Å². The van der Waals surface area contributed by atoms with Crippen LogP contribution in [0.5, 0.6) is 11.5 Å². The largest absolute Gasteiger partial charge is 2.00 e. The SMILES string of the molecule is CC1(C)c2ccccc2Oc2c1ccc1c2c2cccnc2n1-c1[c-]c(C(F)c2[c-]c3c(cc2)c2ccccc2n2ccnc32)ccc1.[Pd+2]. The van der Waals surface area contributed by atoms with E-state index in [1.54, 1.807) is 18.5 Å². The first-order valence-electron chi connectivity index (χ1n) is 16.1. The third kappa shape index (κ3) is 4.19. The summed E-state index contributed by atoms with van der Waals surface area (Å²) in [7, 11) is 0. The van der Waals surface area contributed by atoms with Gasteiger partial charge in [-0.05, 0) is 35.7 Å². The van der Waals surface area contributed by atoms with Crippen molar-refractivity contribution in [2.45, 2.75) is 25.4 Å². The predicted octanol–water partition coefficient (Wildman–Crippen LogP) is 10.2. The minimum Gasteiger partial charge on any atom is -0.456 e. The van der Waals surface area contributed by atoms with Crippen LogP contribution in [-0.2, 0) is 25.8 Å². The van der Waals surface area contributed by atoms with Gasteiger partial charge in [0, 0.05) is 46.0 Å². The third-order valence-corrected chi connectivity index (χ3v) is 9.97. The topological polar surface area (TPSA) is 44.4 Å². The second kappa shape index (κ2) is 10.8. The molecule has 0 saturated heterocycles. The molecule has 0 aliphatic carbocycles. The molecule has 0 N–H and O–H groups in total. The number of pyridine rings is 2. The van der Waals surface area contributed by atoms with Crippen molar-refractivity contribution >= 4 is 49.3 Å². The Morgan fingerprint density at radius 2 is 1.49 bits per heavy atom. The molecule has 1 unspecified atom stereocenters. The molecule has 10 rings (SSSR count). The maximum absolute atomic E-state index is 16.6. The summed E-state index contributed by atoms with van der Waals surface area (Å²) in [6, 6.07) is 40.9. The van der Waals surface area contributed by atoms with Gasteiger partial charge in [0.25, 0.3) is 0 Å². The molecule has 0 saturated carbocycles. The molecule has 0 bridgehead atoms. The van der Waals surface area contributed by atoms with Crippen LogP contribution in [0.3, 0.4) is 0 Å². The van der Waals surface area contributed by atoms with Gasteiger partial charge in [-0.2, -0.15) is 18.2 Å². The van der Waals surface area contributed by atoms with Gasteiger partial charge in [-0.15, -0.1) is 29.8 Å². The molecule has 5 aromatic carbocycles. The molecule has 1 atom stereocenters. The fourth-order valence-corrected chi connectivity index (χ4v) is 7.64. The fourth-order valence-electron chi connectivity index (χ4n) is 7.64. The van der Waals surface area contributed by atoms with Gasteiger partial charge in [0.1, 0.15) is 23.3 Å². The molecule has 0 fully saturated rings. The molecule has 1 aliphatic heterocycles. The number of para-hydroxylation sites is 2. The van der Waals surface area contributed by atoms with E-state index in [4.69, 9.17) is 9.72 Å². The minimum absolute atomic E-state index is 0. The zero-order chi connectivity index (χ0) is 32.1. The summed E-state index contributed by atoms with van der Waals surface area (Å²) >= 11 is 0. The number of aromatic nitrogens is 4. The Balaban J connectivity index is 0.00000325. The Morgan fingerprint density at radius 1 is 0.694 bits per heavy atom. The minimum atomic E-state index is -1.45. The molecule has 5 heterocycles. The van der Waals surface area contributed by atoms with Crippen LogP contribution in [0.2, 0.25) is 0 Å². The number of fused-ring (bicyclic) bond motifs is 12. The number of imidazole rings is 1. The van der Waals surface area contributed by atoms with Crippen molar-refractivity contribution in [1.29, 1.82) is 0 Å². The van der Waals surface area contributed by atoms with Gasteiger partial charge in [0.2, 0.25) is 0 Å². The zero-order valence-corrected chi connectivity index (χ0v) is 28.1. The van der Waals surface area contributed by atoms with Gasteiger partial charge in [-0.3, -0.25) is 4.98 Å². The van der Waals surface area contributed by atoms with Crippen LogP contribution in [0.15, 0.2) is 122 Å². The maximum atomic E-state index is 16.6.